The maximum atomic E-state index is 13.9. The molecule has 0 spiro atoms. The average Bonchev–Trinajstić information content (AvgIpc) is 3.26. The summed E-state index contributed by atoms with van der Waals surface area (Å²) in [7, 11) is -0.0834. The maximum Gasteiger partial charge on any atom is 0.330 e. The van der Waals surface area contributed by atoms with Gasteiger partial charge in [0.15, 0.2) is 4.75 Å². The Hall–Kier alpha value is -2.77. The van der Waals surface area contributed by atoms with Crippen LogP contribution in [0.4, 0.5) is 0 Å². The predicted octanol–water partition coefficient (Wildman–Crippen LogP) is 4.67. The first-order valence-electron chi connectivity index (χ1n) is 12.2. The van der Waals surface area contributed by atoms with Crippen molar-refractivity contribution in [3.8, 4) is 0 Å². The number of benzene rings is 2. The molecule has 6 nitrogen and oxygen atoms in total. The molecule has 3 atom stereocenters. The highest BCUT2D eigenvalue weighted by Gasteiger charge is 2.58. The summed E-state index contributed by atoms with van der Waals surface area (Å²) in [5, 5.41) is 0. The van der Waals surface area contributed by atoms with Crippen LogP contribution in [0.1, 0.15) is 55.8 Å². The average molecular weight is 498 g/mol. The molecule has 0 radical (unpaired) electrons. The molecule has 0 amide bonds. The number of unbranched alkanes of at least 4 members (excludes halogenated alkanes) is 1. The number of carbonyl (C=O) groups is 2. The van der Waals surface area contributed by atoms with Crippen LogP contribution >= 0.6 is 0 Å². The number of carbonyl (C=O) groups excluding carboxylic acids is 2. The summed E-state index contributed by atoms with van der Waals surface area (Å²) in [5.41, 5.74) is 2.74. The number of likely N-dealkylation sites (tertiary alicyclic amines) is 1. The van der Waals surface area contributed by atoms with Crippen LogP contribution in [0.3, 0.4) is 0 Å². The Labute approximate surface area is 210 Å². The van der Waals surface area contributed by atoms with Crippen molar-refractivity contribution in [3.63, 3.8) is 0 Å². The topological polar surface area (TPSA) is 72.9 Å². The molecule has 2 aromatic rings. The van der Waals surface area contributed by atoms with Gasteiger partial charge in [0.1, 0.15) is 0 Å². The number of hydrogen-bond acceptors (Lipinski definition) is 6. The lowest BCUT2D eigenvalue weighted by atomic mass is 9.89. The normalized spacial score (nSPS) is 21.2. The van der Waals surface area contributed by atoms with E-state index in [9.17, 15) is 13.8 Å². The van der Waals surface area contributed by atoms with Crippen molar-refractivity contribution >= 4 is 28.8 Å². The Morgan fingerprint density at radius 1 is 1.11 bits per heavy atom. The van der Waals surface area contributed by atoms with E-state index in [4.69, 9.17) is 9.47 Å². The largest absolute Gasteiger partial charge is 0.468 e. The van der Waals surface area contributed by atoms with Crippen LogP contribution in [0.2, 0.25) is 0 Å². The van der Waals surface area contributed by atoms with E-state index in [1.807, 2.05) is 49.4 Å². The van der Waals surface area contributed by atoms with E-state index < -0.39 is 33.5 Å². The number of esters is 2. The van der Waals surface area contributed by atoms with E-state index in [1.165, 1.54) is 13.2 Å². The summed E-state index contributed by atoms with van der Waals surface area (Å²) in [4.78, 5) is 27.7. The Bertz CT molecular complexity index is 1050. The molecule has 0 N–H and O–H groups in total. The minimum absolute atomic E-state index is 0.292. The predicted molar refractivity (Wildman–Crippen MR) is 139 cm³/mol. The Morgan fingerprint density at radius 3 is 2.51 bits per heavy atom. The van der Waals surface area contributed by atoms with Crippen LogP contribution in [0.25, 0.3) is 6.08 Å². The van der Waals surface area contributed by atoms with Crippen LogP contribution < -0.4 is 0 Å². The quantitative estimate of drug-likeness (QED) is 0.332. The van der Waals surface area contributed by atoms with Gasteiger partial charge in [-0.25, -0.2) is 4.79 Å². The third-order valence-corrected chi connectivity index (χ3v) is 8.47. The zero-order valence-electron chi connectivity index (χ0n) is 20.8. The van der Waals surface area contributed by atoms with E-state index >= 15 is 0 Å². The van der Waals surface area contributed by atoms with E-state index in [-0.39, 0.29) is 0 Å². The van der Waals surface area contributed by atoms with Gasteiger partial charge in [0.2, 0.25) is 0 Å². The van der Waals surface area contributed by atoms with Crippen molar-refractivity contribution in [1.29, 1.82) is 0 Å². The first-order chi connectivity index (χ1) is 17.0. The summed E-state index contributed by atoms with van der Waals surface area (Å²) >= 11 is 0. The second-order valence-corrected chi connectivity index (χ2v) is 10.4. The third-order valence-electron chi connectivity index (χ3n) is 6.40. The van der Waals surface area contributed by atoms with Gasteiger partial charge >= 0.3 is 11.9 Å². The molecule has 188 valence electrons. The molecule has 3 rings (SSSR count). The fraction of sp³-hybridized carbons (Fsp3) is 0.429. The highest BCUT2D eigenvalue weighted by Crippen LogP contribution is 2.47. The fourth-order valence-electron chi connectivity index (χ4n) is 4.74. The van der Waals surface area contributed by atoms with Crippen molar-refractivity contribution < 1.29 is 23.3 Å². The van der Waals surface area contributed by atoms with Crippen molar-refractivity contribution in [2.75, 3.05) is 26.0 Å². The van der Waals surface area contributed by atoms with Gasteiger partial charge in [-0.3, -0.25) is 13.9 Å². The molecular formula is C28H35NO5S. The second-order valence-electron chi connectivity index (χ2n) is 8.61. The van der Waals surface area contributed by atoms with Gasteiger partial charge in [0.25, 0.3) is 0 Å². The van der Waals surface area contributed by atoms with E-state index in [0.29, 0.717) is 31.9 Å². The SMILES string of the molecule is CCCCS(=O)[C@]1(C(=O)OC)CCN(Cc2ccccc2)[C@@H]1c1ccccc1/C=C/C(=O)OCC. The lowest BCUT2D eigenvalue weighted by Crippen LogP contribution is -2.49. The van der Waals surface area contributed by atoms with Crippen LogP contribution in [-0.4, -0.2) is 51.8 Å². The molecule has 1 heterocycles. The second kappa shape index (κ2) is 12.8. The van der Waals surface area contributed by atoms with E-state index in [1.54, 1.807) is 13.0 Å². The molecule has 0 aliphatic carbocycles. The van der Waals surface area contributed by atoms with Gasteiger partial charge < -0.3 is 9.47 Å². The highest BCUT2D eigenvalue weighted by atomic mass is 32.2. The standard InChI is InChI=1S/C28H35NO5S/c1-4-6-20-35(32)28(27(31)33-3)18-19-29(21-22-12-8-7-9-13-22)26(28)24-15-11-10-14-23(24)16-17-25(30)34-5-2/h7-17,26H,4-6,18-21H2,1-3H3/b17-16+/t26-,28-,35?/m1/s1. The Kier molecular flexibility index (Phi) is 9.81. The lowest BCUT2D eigenvalue weighted by Gasteiger charge is -2.36. The molecule has 35 heavy (non-hydrogen) atoms. The molecule has 7 heteroatoms. The minimum atomic E-state index is -1.45. The van der Waals surface area contributed by atoms with Gasteiger partial charge in [-0.1, -0.05) is 67.9 Å². The maximum absolute atomic E-state index is 13.9. The van der Waals surface area contributed by atoms with Gasteiger partial charge in [0, 0.05) is 35.7 Å². The zero-order valence-corrected chi connectivity index (χ0v) is 21.6. The van der Waals surface area contributed by atoms with Crippen molar-refractivity contribution in [2.24, 2.45) is 0 Å². The van der Waals surface area contributed by atoms with Crippen LogP contribution in [0, 0.1) is 0 Å². The van der Waals surface area contributed by atoms with Crippen LogP contribution in [0.5, 0.6) is 0 Å². The van der Waals surface area contributed by atoms with E-state index in [2.05, 4.69) is 17.0 Å². The number of rotatable bonds is 11. The molecule has 2 aromatic carbocycles. The summed E-state index contributed by atoms with van der Waals surface area (Å²) in [6.45, 7) is 5.30. The smallest absolute Gasteiger partial charge is 0.330 e. The van der Waals surface area contributed by atoms with Crippen LogP contribution in [0.15, 0.2) is 60.7 Å². The monoisotopic (exact) mass is 497 g/mol. The molecule has 1 aliphatic heterocycles. The number of hydrogen-bond donors (Lipinski definition) is 0. The Balaban J connectivity index is 2.13. The van der Waals surface area contributed by atoms with Gasteiger partial charge in [-0.05, 0) is 42.5 Å². The highest BCUT2D eigenvalue weighted by molar-refractivity contribution is 7.87. The molecule has 0 aromatic heterocycles. The molecule has 0 bridgehead atoms. The van der Waals surface area contributed by atoms with Crippen molar-refractivity contribution in [3.05, 3.63) is 77.4 Å². The Morgan fingerprint density at radius 2 is 1.83 bits per heavy atom. The van der Waals surface area contributed by atoms with E-state index in [0.717, 1.165) is 29.5 Å². The number of nitrogens with zero attached hydrogens (tertiary/aromatic N) is 1. The summed E-state index contributed by atoms with van der Waals surface area (Å²) < 4.78 is 23.0. The first kappa shape index (κ1) is 26.8. The van der Waals surface area contributed by atoms with Crippen molar-refractivity contribution in [2.45, 2.75) is 50.4 Å². The number of methoxy groups -OCH3 is 1. The molecular weight excluding hydrogens is 462 g/mol. The fourth-order valence-corrected chi connectivity index (χ4v) is 6.77. The zero-order chi connectivity index (χ0) is 25.3. The molecule has 0 saturated carbocycles. The number of ether oxygens (including phenoxy) is 2. The summed E-state index contributed by atoms with van der Waals surface area (Å²) in [6.07, 6.45) is 5.20. The molecule has 1 saturated heterocycles. The lowest BCUT2D eigenvalue weighted by molar-refractivity contribution is -0.144. The molecule has 1 unspecified atom stereocenters. The van der Waals surface area contributed by atoms with Gasteiger partial charge in [-0.15, -0.1) is 0 Å². The summed E-state index contributed by atoms with van der Waals surface area (Å²) in [5.74, 6) is -0.445. The van der Waals surface area contributed by atoms with Crippen LogP contribution in [-0.2, 0) is 36.4 Å². The molecule has 1 fully saturated rings. The molecule has 1 aliphatic rings. The van der Waals surface area contributed by atoms with Crippen molar-refractivity contribution in [1.82, 2.24) is 4.90 Å². The first-order valence-corrected chi connectivity index (χ1v) is 13.5. The van der Waals surface area contributed by atoms with Gasteiger partial charge in [-0.2, -0.15) is 0 Å². The minimum Gasteiger partial charge on any atom is -0.468 e. The van der Waals surface area contributed by atoms with Gasteiger partial charge in [0.05, 0.1) is 19.8 Å². The third kappa shape index (κ3) is 6.08. The summed E-state index contributed by atoms with van der Waals surface area (Å²) in [6, 6.07) is 17.2.